The normalized spacial score (nSPS) is 13.8. The van der Waals surface area contributed by atoms with E-state index in [1.54, 1.807) is 22.3 Å². The molecular formula is C26H28HfSi-2. The molecule has 0 aromatic heterocycles. The zero-order valence-electron chi connectivity index (χ0n) is 17.0. The Morgan fingerprint density at radius 1 is 0.643 bits per heavy atom. The summed E-state index contributed by atoms with van der Waals surface area (Å²) in [6.07, 6.45) is 7.85. The molecule has 0 spiro atoms. The van der Waals surface area contributed by atoms with E-state index < -0.39 is 0 Å². The van der Waals surface area contributed by atoms with Crippen LogP contribution in [0.1, 0.15) is 35.1 Å². The van der Waals surface area contributed by atoms with Crippen LogP contribution in [0.4, 0.5) is 0 Å². The third-order valence-corrected chi connectivity index (χ3v) is 5.70. The molecule has 2 radical (unpaired) electrons. The maximum Gasteiger partial charge on any atom is 0.0307 e. The monoisotopic (exact) mass is 548 g/mol. The second kappa shape index (κ2) is 9.98. The first-order valence-electron chi connectivity index (χ1n) is 10.2. The minimum absolute atomic E-state index is 0. The van der Waals surface area contributed by atoms with Crippen LogP contribution in [-0.2, 0) is 51.5 Å². The molecule has 4 aromatic rings. The molecule has 0 aliphatic heterocycles. The molecule has 0 nitrogen and oxygen atoms in total. The second-order valence-electron chi connectivity index (χ2n) is 7.76. The van der Waals surface area contributed by atoms with Gasteiger partial charge in [-0.1, -0.05) is 35.3 Å². The third kappa shape index (κ3) is 4.66. The Bertz CT molecular complexity index is 877. The molecule has 0 fully saturated rings. The van der Waals surface area contributed by atoms with Gasteiger partial charge in [0, 0.05) is 35.4 Å². The van der Waals surface area contributed by atoms with Crippen LogP contribution in [0, 0.1) is 0 Å². The first-order valence-corrected chi connectivity index (χ1v) is 12.2. The van der Waals surface area contributed by atoms with Crippen molar-refractivity contribution in [3.05, 3.63) is 82.9 Å². The van der Waals surface area contributed by atoms with Crippen molar-refractivity contribution >= 4 is 31.1 Å². The predicted octanol–water partition coefficient (Wildman–Crippen LogP) is 6.88. The average molecular weight is 547 g/mol. The van der Waals surface area contributed by atoms with Crippen LogP contribution in [0.3, 0.4) is 0 Å². The topological polar surface area (TPSA) is 0 Å². The van der Waals surface area contributed by atoms with Crippen LogP contribution < -0.4 is 0 Å². The van der Waals surface area contributed by atoms with Gasteiger partial charge in [-0.25, -0.2) is 0 Å². The first-order chi connectivity index (χ1) is 13.3. The standard InChI is InChI=1S/2C12H11.C2H6Si.Hf/c2*1-3-9-7-11-5-2-6-12(11)8-10(9)4-1;1-3-2;/h2*1,3-4,7-8H,2,5-6H2;1-2H3;/q2*-1;;. The largest absolute Gasteiger partial charge is 0.168 e. The van der Waals surface area contributed by atoms with Gasteiger partial charge in [-0.2, -0.15) is 24.3 Å². The fraction of sp³-hybridized carbons (Fsp3) is 0.308. The van der Waals surface area contributed by atoms with Crippen LogP contribution in [-0.4, -0.2) is 9.52 Å². The van der Waals surface area contributed by atoms with Gasteiger partial charge in [-0.05, 0) is 38.5 Å². The van der Waals surface area contributed by atoms with Crippen molar-refractivity contribution in [3.8, 4) is 0 Å². The quantitative estimate of drug-likeness (QED) is 0.167. The van der Waals surface area contributed by atoms with E-state index in [9.17, 15) is 0 Å². The van der Waals surface area contributed by atoms with Gasteiger partial charge >= 0.3 is 0 Å². The maximum absolute atomic E-state index is 2.36. The Kier molecular flexibility index (Phi) is 7.65. The maximum atomic E-state index is 2.36. The number of hydrogen-bond acceptors (Lipinski definition) is 0. The molecular weight excluding hydrogens is 519 g/mol. The van der Waals surface area contributed by atoms with E-state index in [-0.39, 0.29) is 25.8 Å². The molecule has 0 saturated heterocycles. The van der Waals surface area contributed by atoms with Gasteiger partial charge in [-0.3, -0.25) is 0 Å². The van der Waals surface area contributed by atoms with Gasteiger partial charge in [0.2, 0.25) is 0 Å². The number of hydrogen-bond donors (Lipinski definition) is 0. The van der Waals surface area contributed by atoms with Crippen molar-refractivity contribution in [2.45, 2.75) is 51.6 Å². The molecule has 0 N–H and O–H groups in total. The van der Waals surface area contributed by atoms with Gasteiger partial charge in [0.25, 0.3) is 0 Å². The van der Waals surface area contributed by atoms with Gasteiger partial charge in [-0.15, -0.1) is 57.9 Å². The fourth-order valence-electron chi connectivity index (χ4n) is 4.41. The molecule has 0 heterocycles. The molecule has 6 rings (SSSR count). The molecule has 28 heavy (non-hydrogen) atoms. The fourth-order valence-corrected chi connectivity index (χ4v) is 4.41. The molecule has 2 aliphatic rings. The molecule has 0 amide bonds. The van der Waals surface area contributed by atoms with E-state index in [4.69, 9.17) is 0 Å². The second-order valence-corrected chi connectivity index (χ2v) is 8.76. The summed E-state index contributed by atoms with van der Waals surface area (Å²) in [5, 5.41) is 5.65. The Hall–Kier alpha value is -1.25. The van der Waals surface area contributed by atoms with E-state index >= 15 is 0 Å². The van der Waals surface area contributed by atoms with E-state index in [0.29, 0.717) is 0 Å². The molecule has 0 bridgehead atoms. The summed E-state index contributed by atoms with van der Waals surface area (Å²) >= 11 is 0. The van der Waals surface area contributed by atoms with Gasteiger partial charge < -0.3 is 0 Å². The van der Waals surface area contributed by atoms with Crippen LogP contribution in [0.25, 0.3) is 21.5 Å². The minimum atomic E-state index is 0. The Balaban J connectivity index is 0.000000137. The van der Waals surface area contributed by atoms with E-state index in [2.05, 4.69) is 73.8 Å². The average Bonchev–Trinajstić information content (AvgIpc) is 3.44. The Morgan fingerprint density at radius 3 is 1.39 bits per heavy atom. The summed E-state index contributed by atoms with van der Waals surface area (Å²) in [5.74, 6) is 0. The van der Waals surface area contributed by atoms with Crippen molar-refractivity contribution < 1.29 is 25.8 Å². The smallest absolute Gasteiger partial charge is 0.0307 e. The minimum Gasteiger partial charge on any atom is -0.168 e. The SMILES string of the molecule is C[Si]C.[Hf].c1cc2cc3c(cc2[cH-]1)CCC3.c1cc2cc3c(cc2[cH-]1)CCC3. The third-order valence-electron chi connectivity index (χ3n) is 5.70. The zero-order valence-corrected chi connectivity index (χ0v) is 21.6. The molecule has 4 aromatic carbocycles. The summed E-state index contributed by atoms with van der Waals surface area (Å²) in [5.41, 5.74) is 6.31. The van der Waals surface area contributed by atoms with Crippen LogP contribution in [0.15, 0.2) is 60.7 Å². The van der Waals surface area contributed by atoms with Crippen molar-refractivity contribution in [3.63, 3.8) is 0 Å². The van der Waals surface area contributed by atoms with Crippen molar-refractivity contribution in [1.29, 1.82) is 0 Å². The first kappa shape index (κ1) is 21.5. The predicted molar refractivity (Wildman–Crippen MR) is 121 cm³/mol. The summed E-state index contributed by atoms with van der Waals surface area (Å²) in [6, 6.07) is 22.5. The molecule has 0 atom stereocenters. The summed E-state index contributed by atoms with van der Waals surface area (Å²) in [6.45, 7) is 4.31. The van der Waals surface area contributed by atoms with Crippen molar-refractivity contribution in [2.75, 3.05) is 0 Å². The van der Waals surface area contributed by atoms with Crippen molar-refractivity contribution in [1.82, 2.24) is 0 Å². The summed E-state index contributed by atoms with van der Waals surface area (Å²) in [4.78, 5) is 0. The number of rotatable bonds is 0. The zero-order chi connectivity index (χ0) is 18.6. The van der Waals surface area contributed by atoms with Crippen LogP contribution >= 0.6 is 0 Å². The molecule has 142 valence electrons. The molecule has 0 saturated carbocycles. The van der Waals surface area contributed by atoms with E-state index in [0.717, 1.165) is 9.52 Å². The molecule has 2 heteroatoms. The van der Waals surface area contributed by atoms with Gasteiger partial charge in [0.1, 0.15) is 0 Å². The van der Waals surface area contributed by atoms with Crippen molar-refractivity contribution in [2.24, 2.45) is 0 Å². The number of benzene rings is 2. The van der Waals surface area contributed by atoms with E-state index in [1.165, 1.54) is 60.1 Å². The van der Waals surface area contributed by atoms with Gasteiger partial charge in [0.15, 0.2) is 0 Å². The summed E-state index contributed by atoms with van der Waals surface area (Å²) in [7, 11) is 1.08. The number of aryl methyl sites for hydroxylation is 4. The van der Waals surface area contributed by atoms with E-state index in [1.807, 2.05) is 0 Å². The van der Waals surface area contributed by atoms with Crippen LogP contribution in [0.2, 0.25) is 13.1 Å². The number of fused-ring (bicyclic) bond motifs is 4. The van der Waals surface area contributed by atoms with Crippen LogP contribution in [0.5, 0.6) is 0 Å². The Labute approximate surface area is 190 Å². The molecule has 2 aliphatic carbocycles. The summed E-state index contributed by atoms with van der Waals surface area (Å²) < 4.78 is 0. The van der Waals surface area contributed by atoms with Gasteiger partial charge in [0.05, 0.1) is 0 Å². The molecule has 0 unspecified atom stereocenters. The Morgan fingerprint density at radius 2 is 1.00 bits per heavy atom.